The number of ether oxygens (including phenoxy) is 1. The SMILES string of the molecule is COc1cccc(Cl)c1CNC(=O)CN1CCNCC1. The summed E-state index contributed by atoms with van der Waals surface area (Å²) in [6.45, 7) is 4.49. The van der Waals surface area contributed by atoms with Crippen LogP contribution in [0.2, 0.25) is 5.02 Å². The predicted octanol–water partition coefficient (Wildman–Crippen LogP) is 0.870. The average Bonchev–Trinajstić information content (AvgIpc) is 2.46. The summed E-state index contributed by atoms with van der Waals surface area (Å²) in [5.41, 5.74) is 0.810. The van der Waals surface area contributed by atoms with Crippen molar-refractivity contribution in [2.45, 2.75) is 6.54 Å². The zero-order chi connectivity index (χ0) is 14.4. The summed E-state index contributed by atoms with van der Waals surface area (Å²) in [7, 11) is 1.59. The van der Waals surface area contributed by atoms with Gasteiger partial charge in [-0.3, -0.25) is 9.69 Å². The van der Waals surface area contributed by atoms with Crippen LogP contribution in [0.1, 0.15) is 5.56 Å². The minimum Gasteiger partial charge on any atom is -0.496 e. The van der Waals surface area contributed by atoms with E-state index < -0.39 is 0 Å². The van der Waals surface area contributed by atoms with Crippen molar-refractivity contribution in [2.24, 2.45) is 0 Å². The zero-order valence-corrected chi connectivity index (χ0v) is 12.4. The summed E-state index contributed by atoms with van der Waals surface area (Å²) >= 11 is 6.13. The number of piperazine rings is 1. The summed E-state index contributed by atoms with van der Waals surface area (Å²) in [6, 6.07) is 5.46. The molecule has 1 amide bonds. The highest BCUT2D eigenvalue weighted by Crippen LogP contribution is 2.25. The number of methoxy groups -OCH3 is 1. The van der Waals surface area contributed by atoms with Crippen LogP contribution in [0.15, 0.2) is 18.2 Å². The van der Waals surface area contributed by atoms with Crippen LogP contribution in [-0.4, -0.2) is 50.6 Å². The molecule has 1 saturated heterocycles. The smallest absolute Gasteiger partial charge is 0.234 e. The first-order valence-corrected chi connectivity index (χ1v) is 7.09. The van der Waals surface area contributed by atoms with Crippen LogP contribution in [0, 0.1) is 0 Å². The number of amides is 1. The monoisotopic (exact) mass is 297 g/mol. The number of hydrogen-bond donors (Lipinski definition) is 2. The van der Waals surface area contributed by atoms with E-state index in [0.29, 0.717) is 23.9 Å². The Morgan fingerprint density at radius 2 is 2.20 bits per heavy atom. The molecule has 5 nitrogen and oxygen atoms in total. The molecular weight excluding hydrogens is 278 g/mol. The Balaban J connectivity index is 1.86. The highest BCUT2D eigenvalue weighted by atomic mass is 35.5. The lowest BCUT2D eigenvalue weighted by atomic mass is 10.2. The van der Waals surface area contributed by atoms with Gasteiger partial charge in [0.2, 0.25) is 5.91 Å². The Kier molecular flexibility index (Phi) is 5.64. The maximum atomic E-state index is 11.9. The summed E-state index contributed by atoms with van der Waals surface area (Å²) in [5, 5.41) is 6.76. The minimum absolute atomic E-state index is 0.00822. The number of halogens is 1. The minimum atomic E-state index is 0.00822. The van der Waals surface area contributed by atoms with Crippen molar-refractivity contribution in [3.63, 3.8) is 0 Å². The van der Waals surface area contributed by atoms with E-state index in [1.165, 1.54) is 0 Å². The van der Waals surface area contributed by atoms with Crippen molar-refractivity contribution >= 4 is 17.5 Å². The molecule has 20 heavy (non-hydrogen) atoms. The van der Waals surface area contributed by atoms with Gasteiger partial charge < -0.3 is 15.4 Å². The maximum absolute atomic E-state index is 11.9. The fraction of sp³-hybridized carbons (Fsp3) is 0.500. The topological polar surface area (TPSA) is 53.6 Å². The van der Waals surface area contributed by atoms with Crippen molar-refractivity contribution in [3.8, 4) is 5.75 Å². The van der Waals surface area contributed by atoms with E-state index in [1.807, 2.05) is 12.1 Å². The fourth-order valence-electron chi connectivity index (χ4n) is 2.22. The van der Waals surface area contributed by atoms with Crippen molar-refractivity contribution in [3.05, 3.63) is 28.8 Å². The van der Waals surface area contributed by atoms with Gasteiger partial charge in [0.25, 0.3) is 0 Å². The second-order valence-corrected chi connectivity index (χ2v) is 5.13. The van der Waals surface area contributed by atoms with Crippen LogP contribution in [0.5, 0.6) is 5.75 Å². The molecule has 0 bridgehead atoms. The van der Waals surface area contributed by atoms with Gasteiger partial charge in [0.05, 0.1) is 13.7 Å². The Morgan fingerprint density at radius 1 is 1.45 bits per heavy atom. The molecule has 0 spiro atoms. The van der Waals surface area contributed by atoms with E-state index in [9.17, 15) is 4.79 Å². The fourth-order valence-corrected chi connectivity index (χ4v) is 2.45. The van der Waals surface area contributed by atoms with E-state index in [1.54, 1.807) is 13.2 Å². The highest BCUT2D eigenvalue weighted by molar-refractivity contribution is 6.31. The highest BCUT2D eigenvalue weighted by Gasteiger charge is 2.14. The number of nitrogens with one attached hydrogen (secondary N) is 2. The molecule has 110 valence electrons. The molecule has 1 fully saturated rings. The first kappa shape index (κ1) is 15.1. The van der Waals surface area contributed by atoms with E-state index in [-0.39, 0.29) is 5.91 Å². The number of rotatable bonds is 5. The molecule has 1 aliphatic rings. The molecule has 1 heterocycles. The van der Waals surface area contributed by atoms with Crippen molar-refractivity contribution in [2.75, 3.05) is 39.8 Å². The first-order valence-electron chi connectivity index (χ1n) is 6.72. The molecule has 0 radical (unpaired) electrons. The lowest BCUT2D eigenvalue weighted by Gasteiger charge is -2.26. The van der Waals surface area contributed by atoms with Crippen LogP contribution in [0.25, 0.3) is 0 Å². The summed E-state index contributed by atoms with van der Waals surface area (Å²) in [5.74, 6) is 0.703. The van der Waals surface area contributed by atoms with Gasteiger partial charge in [-0.25, -0.2) is 0 Å². The predicted molar refractivity (Wildman–Crippen MR) is 79.2 cm³/mol. The molecule has 0 aliphatic carbocycles. The van der Waals surface area contributed by atoms with Crippen LogP contribution < -0.4 is 15.4 Å². The molecular formula is C14H20ClN3O2. The van der Waals surface area contributed by atoms with E-state index in [4.69, 9.17) is 16.3 Å². The Hall–Kier alpha value is -1.30. The Bertz CT molecular complexity index is 462. The molecule has 1 aliphatic heterocycles. The van der Waals surface area contributed by atoms with Crippen molar-refractivity contribution < 1.29 is 9.53 Å². The van der Waals surface area contributed by atoms with Crippen LogP contribution >= 0.6 is 11.6 Å². The average molecular weight is 298 g/mol. The number of carbonyl (C=O) groups is 1. The number of hydrogen-bond acceptors (Lipinski definition) is 4. The zero-order valence-electron chi connectivity index (χ0n) is 11.6. The number of nitrogens with zero attached hydrogens (tertiary/aromatic N) is 1. The Labute approximate surface area is 124 Å². The van der Waals surface area contributed by atoms with E-state index >= 15 is 0 Å². The largest absolute Gasteiger partial charge is 0.496 e. The quantitative estimate of drug-likeness (QED) is 0.847. The summed E-state index contributed by atoms with van der Waals surface area (Å²) < 4.78 is 5.25. The molecule has 0 unspecified atom stereocenters. The molecule has 0 aromatic heterocycles. The van der Waals surface area contributed by atoms with Crippen LogP contribution in [0.3, 0.4) is 0 Å². The molecule has 6 heteroatoms. The van der Waals surface area contributed by atoms with Gasteiger partial charge in [-0.05, 0) is 12.1 Å². The Morgan fingerprint density at radius 3 is 2.90 bits per heavy atom. The maximum Gasteiger partial charge on any atom is 0.234 e. The second-order valence-electron chi connectivity index (χ2n) is 4.72. The molecule has 0 atom stereocenters. The van der Waals surface area contributed by atoms with Gasteiger partial charge in [0, 0.05) is 43.3 Å². The second kappa shape index (κ2) is 7.47. The third-order valence-corrected chi connectivity index (χ3v) is 3.69. The molecule has 1 aromatic rings. The van der Waals surface area contributed by atoms with Crippen LogP contribution in [0.4, 0.5) is 0 Å². The molecule has 0 saturated carbocycles. The number of carbonyl (C=O) groups excluding carboxylic acids is 1. The van der Waals surface area contributed by atoms with Gasteiger partial charge in [-0.1, -0.05) is 17.7 Å². The van der Waals surface area contributed by atoms with Crippen molar-refractivity contribution in [1.82, 2.24) is 15.5 Å². The number of benzene rings is 1. The molecule has 1 aromatic carbocycles. The van der Waals surface area contributed by atoms with Crippen molar-refractivity contribution in [1.29, 1.82) is 0 Å². The summed E-state index contributed by atoms with van der Waals surface area (Å²) in [4.78, 5) is 14.1. The van der Waals surface area contributed by atoms with Gasteiger partial charge in [-0.2, -0.15) is 0 Å². The van der Waals surface area contributed by atoms with Gasteiger partial charge in [0.15, 0.2) is 0 Å². The van der Waals surface area contributed by atoms with Gasteiger partial charge in [0.1, 0.15) is 5.75 Å². The van der Waals surface area contributed by atoms with E-state index in [2.05, 4.69) is 15.5 Å². The lowest BCUT2D eigenvalue weighted by molar-refractivity contribution is -0.122. The molecule has 2 N–H and O–H groups in total. The third kappa shape index (κ3) is 4.10. The first-order chi connectivity index (χ1) is 9.70. The molecule has 2 rings (SSSR count). The summed E-state index contributed by atoms with van der Waals surface area (Å²) in [6.07, 6.45) is 0. The van der Waals surface area contributed by atoms with Gasteiger partial charge in [-0.15, -0.1) is 0 Å². The van der Waals surface area contributed by atoms with E-state index in [0.717, 1.165) is 31.7 Å². The standard InChI is InChI=1S/C14H20ClN3O2/c1-20-13-4-2-3-12(15)11(13)9-17-14(19)10-18-7-5-16-6-8-18/h2-4,16H,5-10H2,1H3,(H,17,19). The normalized spacial score (nSPS) is 15.9. The lowest BCUT2D eigenvalue weighted by Crippen LogP contribution is -2.47. The van der Waals surface area contributed by atoms with Crippen LogP contribution in [-0.2, 0) is 11.3 Å². The third-order valence-electron chi connectivity index (χ3n) is 3.33. The van der Waals surface area contributed by atoms with Gasteiger partial charge >= 0.3 is 0 Å².